The molecule has 80 valence electrons. The Morgan fingerprint density at radius 2 is 2.43 bits per heavy atom. The van der Waals surface area contributed by atoms with Crippen molar-refractivity contribution in [1.29, 1.82) is 0 Å². The molecular weight excluding hydrogens is 269 g/mol. The van der Waals surface area contributed by atoms with E-state index in [0.29, 0.717) is 28.6 Å². The van der Waals surface area contributed by atoms with Crippen molar-refractivity contribution in [2.75, 3.05) is 20.3 Å². The minimum atomic E-state index is 0.312. The molecule has 0 unspecified atom stereocenters. The molecule has 0 bridgehead atoms. The van der Waals surface area contributed by atoms with Gasteiger partial charge in [-0.3, -0.25) is 4.99 Å². The van der Waals surface area contributed by atoms with Crippen molar-refractivity contribution in [2.45, 2.75) is 0 Å². The van der Waals surface area contributed by atoms with Crippen LogP contribution in [0.5, 0.6) is 0 Å². The van der Waals surface area contributed by atoms with Crippen LogP contribution in [0, 0.1) is 0 Å². The predicted octanol–water partition coefficient (Wildman–Crippen LogP) is 1.53. The molecule has 14 heavy (non-hydrogen) atoms. The van der Waals surface area contributed by atoms with Crippen molar-refractivity contribution in [2.24, 2.45) is 10.7 Å². The Morgan fingerprint density at radius 1 is 1.79 bits per heavy atom. The highest BCUT2D eigenvalue weighted by atomic mass is 79.9. The minimum absolute atomic E-state index is 0.312. The van der Waals surface area contributed by atoms with E-state index in [1.54, 1.807) is 13.3 Å². The number of nitrogens with one attached hydrogen (secondary N) is 1. The normalized spacial score (nSPS) is 12.8. The fourth-order valence-corrected chi connectivity index (χ4v) is 0.843. The average molecular weight is 283 g/mol. The zero-order valence-corrected chi connectivity index (χ0v) is 10.2. The van der Waals surface area contributed by atoms with E-state index in [1.807, 2.05) is 0 Å². The van der Waals surface area contributed by atoms with Crippen LogP contribution in [0.15, 0.2) is 27.4 Å². The van der Waals surface area contributed by atoms with Gasteiger partial charge in [0.25, 0.3) is 0 Å². The molecule has 0 aliphatic heterocycles. The Labute approximate surface area is 97.0 Å². The van der Waals surface area contributed by atoms with Gasteiger partial charge in [0.1, 0.15) is 5.84 Å². The number of halogens is 2. The smallest absolute Gasteiger partial charge is 0.134 e. The summed E-state index contributed by atoms with van der Waals surface area (Å²) in [5.41, 5.74) is 5.61. The molecule has 0 aromatic carbocycles. The fourth-order valence-electron chi connectivity index (χ4n) is 0.549. The van der Waals surface area contributed by atoms with E-state index in [0.717, 1.165) is 0 Å². The lowest BCUT2D eigenvalue weighted by Gasteiger charge is -2.00. The van der Waals surface area contributed by atoms with Crippen LogP contribution in [0.4, 0.5) is 0 Å². The number of ether oxygens (including phenoxy) is 1. The van der Waals surface area contributed by atoms with Crippen LogP contribution in [0.1, 0.15) is 0 Å². The molecule has 0 aliphatic rings. The fraction of sp³-hybridized carbons (Fsp3) is 0.375. The van der Waals surface area contributed by atoms with E-state index in [2.05, 4.69) is 32.8 Å². The third-order valence-electron chi connectivity index (χ3n) is 1.18. The van der Waals surface area contributed by atoms with Crippen LogP contribution in [0.3, 0.4) is 0 Å². The van der Waals surface area contributed by atoms with Gasteiger partial charge in [0.2, 0.25) is 0 Å². The minimum Gasteiger partial charge on any atom is -0.383 e. The second kappa shape index (κ2) is 7.84. The summed E-state index contributed by atoms with van der Waals surface area (Å²) < 4.78 is 5.44. The first-order chi connectivity index (χ1) is 6.57. The van der Waals surface area contributed by atoms with Gasteiger partial charge in [-0.05, 0) is 15.9 Å². The zero-order chi connectivity index (χ0) is 11.0. The average Bonchev–Trinajstić information content (AvgIpc) is 2.14. The maximum absolute atomic E-state index is 5.61. The first-order valence-electron chi connectivity index (χ1n) is 3.83. The van der Waals surface area contributed by atoms with Crippen LogP contribution in [-0.4, -0.2) is 26.1 Å². The molecule has 0 saturated carbocycles. The monoisotopic (exact) mass is 281 g/mol. The topological polar surface area (TPSA) is 59.6 Å². The van der Waals surface area contributed by atoms with Gasteiger partial charge in [0.15, 0.2) is 0 Å². The van der Waals surface area contributed by atoms with E-state index < -0.39 is 0 Å². The lowest BCUT2D eigenvalue weighted by Crippen LogP contribution is -2.15. The predicted molar refractivity (Wildman–Crippen MR) is 63.5 cm³/mol. The number of nitrogens with zero attached hydrogens (tertiary/aromatic N) is 1. The number of amidine groups is 1. The molecule has 3 N–H and O–H groups in total. The van der Waals surface area contributed by atoms with E-state index >= 15 is 0 Å². The Balaban J connectivity index is 4.08. The van der Waals surface area contributed by atoms with Crippen LogP contribution < -0.4 is 11.1 Å². The quantitative estimate of drug-likeness (QED) is 0.336. The molecular formula is C8H13BrClN3O. The highest BCUT2D eigenvalue weighted by molar-refractivity contribution is 9.12. The third-order valence-corrected chi connectivity index (χ3v) is 1.92. The summed E-state index contributed by atoms with van der Waals surface area (Å²) in [7, 11) is 1.61. The molecule has 0 saturated heterocycles. The first kappa shape index (κ1) is 13.5. The van der Waals surface area contributed by atoms with Crippen molar-refractivity contribution in [3.63, 3.8) is 0 Å². The van der Waals surface area contributed by atoms with E-state index in [1.165, 1.54) is 0 Å². The summed E-state index contributed by atoms with van der Waals surface area (Å²) >= 11 is 8.71. The second-order valence-electron chi connectivity index (χ2n) is 2.30. The van der Waals surface area contributed by atoms with Crippen LogP contribution in [0.2, 0.25) is 0 Å². The highest BCUT2D eigenvalue weighted by Crippen LogP contribution is 2.04. The first-order valence-corrected chi connectivity index (χ1v) is 5.01. The lowest BCUT2D eigenvalue weighted by molar-refractivity contribution is 0.208. The largest absolute Gasteiger partial charge is 0.383 e. The van der Waals surface area contributed by atoms with Crippen molar-refractivity contribution in [3.05, 3.63) is 22.4 Å². The van der Waals surface area contributed by atoms with Gasteiger partial charge in [0.05, 0.1) is 22.8 Å². The zero-order valence-electron chi connectivity index (χ0n) is 7.89. The highest BCUT2D eigenvalue weighted by Gasteiger charge is 1.96. The lowest BCUT2D eigenvalue weighted by atomic mass is 10.5. The van der Waals surface area contributed by atoms with Gasteiger partial charge in [-0.15, -0.1) is 0 Å². The molecule has 4 nitrogen and oxygen atoms in total. The molecule has 0 fully saturated rings. The van der Waals surface area contributed by atoms with Gasteiger partial charge in [-0.2, -0.15) is 0 Å². The summed E-state index contributed by atoms with van der Waals surface area (Å²) in [6.45, 7) is 4.51. The summed E-state index contributed by atoms with van der Waals surface area (Å²) in [5.74, 6) is 0.382. The molecule has 0 aromatic heterocycles. The van der Waals surface area contributed by atoms with Crippen LogP contribution in [0.25, 0.3) is 0 Å². The Kier molecular flexibility index (Phi) is 7.55. The molecule has 0 spiro atoms. The van der Waals surface area contributed by atoms with E-state index in [9.17, 15) is 0 Å². The number of hydrogen-bond acceptors (Lipinski definition) is 3. The summed E-state index contributed by atoms with van der Waals surface area (Å²) in [5, 5.41) is 3.00. The van der Waals surface area contributed by atoms with Gasteiger partial charge in [-0.1, -0.05) is 18.2 Å². The van der Waals surface area contributed by atoms with E-state index in [4.69, 9.17) is 22.1 Å². The van der Waals surface area contributed by atoms with Crippen molar-refractivity contribution < 1.29 is 4.74 Å². The molecule has 0 atom stereocenters. The van der Waals surface area contributed by atoms with Crippen LogP contribution in [-0.2, 0) is 4.74 Å². The van der Waals surface area contributed by atoms with E-state index in [-0.39, 0.29) is 0 Å². The molecule has 6 heteroatoms. The molecule has 0 amide bonds. The number of rotatable bonds is 6. The number of nitrogens with two attached hydrogens (primary N) is 1. The van der Waals surface area contributed by atoms with Crippen molar-refractivity contribution in [1.82, 2.24) is 5.32 Å². The summed E-state index contributed by atoms with van der Waals surface area (Å²) in [4.78, 5) is 4.03. The Bertz CT molecular complexity index is 253. The second-order valence-corrected chi connectivity index (χ2v) is 3.61. The standard InChI is InChI=1S/C8H13BrClN3O/c1-6(10)13-5-7(9)8(11)12-3-4-14-2/h5,13H,1,3-4H2,2H3,(H2,11,12). The molecule has 0 rings (SSSR count). The summed E-state index contributed by atoms with van der Waals surface area (Å²) in [6.07, 6.45) is 1.57. The van der Waals surface area contributed by atoms with Gasteiger partial charge in [0, 0.05) is 13.3 Å². The van der Waals surface area contributed by atoms with Crippen LogP contribution >= 0.6 is 27.5 Å². The Morgan fingerprint density at radius 3 is 2.93 bits per heavy atom. The summed E-state index contributed by atoms with van der Waals surface area (Å²) in [6, 6.07) is 0. The SMILES string of the molecule is C=C(Cl)NC=C(Br)C(N)=NCCOC. The Hall–Kier alpha value is -0.520. The maximum Gasteiger partial charge on any atom is 0.134 e. The number of methoxy groups -OCH3 is 1. The maximum atomic E-state index is 5.61. The number of hydrogen-bond donors (Lipinski definition) is 2. The molecule has 0 aromatic rings. The molecule has 0 heterocycles. The number of aliphatic imine (C=N–C) groups is 1. The van der Waals surface area contributed by atoms with Crippen molar-refractivity contribution >= 4 is 33.4 Å². The third kappa shape index (κ3) is 6.94. The van der Waals surface area contributed by atoms with Gasteiger partial charge < -0.3 is 15.8 Å². The molecule has 0 aliphatic carbocycles. The van der Waals surface area contributed by atoms with Gasteiger partial charge in [-0.25, -0.2) is 0 Å². The van der Waals surface area contributed by atoms with Gasteiger partial charge >= 0.3 is 0 Å². The molecule has 0 radical (unpaired) electrons. The van der Waals surface area contributed by atoms with Crippen molar-refractivity contribution in [3.8, 4) is 0 Å².